The highest BCUT2D eigenvalue weighted by Gasteiger charge is 2.45. The minimum absolute atomic E-state index is 0.0401. The van der Waals surface area contributed by atoms with Crippen LogP contribution in [0.15, 0.2) is 16.5 Å². The van der Waals surface area contributed by atoms with E-state index in [9.17, 15) is 4.79 Å². The highest BCUT2D eigenvalue weighted by atomic mass is 16.6. The van der Waals surface area contributed by atoms with Crippen molar-refractivity contribution in [1.29, 1.82) is 0 Å². The predicted molar refractivity (Wildman–Crippen MR) is 72.7 cm³/mol. The number of aryl methyl sites for hydroxylation is 1. The third-order valence-corrected chi connectivity index (χ3v) is 4.29. The van der Waals surface area contributed by atoms with Crippen LogP contribution in [0.1, 0.15) is 35.6 Å². The molecule has 20 heavy (non-hydrogen) atoms. The lowest BCUT2D eigenvalue weighted by atomic mass is 9.89. The van der Waals surface area contributed by atoms with Gasteiger partial charge in [0.05, 0.1) is 24.9 Å². The Morgan fingerprint density at radius 2 is 2.35 bits per heavy atom. The van der Waals surface area contributed by atoms with Gasteiger partial charge in [-0.25, -0.2) is 0 Å². The highest BCUT2D eigenvalue weighted by molar-refractivity contribution is 5.91. The molecule has 1 aromatic rings. The zero-order valence-electron chi connectivity index (χ0n) is 12.1. The van der Waals surface area contributed by atoms with E-state index in [-0.39, 0.29) is 17.6 Å². The normalized spacial score (nSPS) is 30.1. The first kappa shape index (κ1) is 13.6. The number of nitrogens with zero attached hydrogens (tertiary/aromatic N) is 1. The number of amides is 1. The Kier molecular flexibility index (Phi) is 3.56. The summed E-state index contributed by atoms with van der Waals surface area (Å²) >= 11 is 0. The molecule has 0 unspecified atom stereocenters. The van der Waals surface area contributed by atoms with Crippen molar-refractivity contribution in [2.75, 3.05) is 26.8 Å². The summed E-state index contributed by atoms with van der Waals surface area (Å²) < 4.78 is 16.8. The van der Waals surface area contributed by atoms with E-state index in [2.05, 4.69) is 0 Å². The van der Waals surface area contributed by atoms with Gasteiger partial charge in [-0.3, -0.25) is 4.79 Å². The van der Waals surface area contributed by atoms with Crippen molar-refractivity contribution in [2.24, 2.45) is 0 Å². The van der Waals surface area contributed by atoms with E-state index < -0.39 is 0 Å². The molecule has 1 aromatic heterocycles. The molecule has 5 heteroatoms. The van der Waals surface area contributed by atoms with Crippen LogP contribution < -0.4 is 0 Å². The maximum atomic E-state index is 12.4. The summed E-state index contributed by atoms with van der Waals surface area (Å²) in [6.45, 7) is 3.86. The molecule has 0 aliphatic carbocycles. The van der Waals surface area contributed by atoms with E-state index in [0.717, 1.165) is 31.6 Å². The Morgan fingerprint density at radius 1 is 1.50 bits per heavy atom. The lowest BCUT2D eigenvalue weighted by Gasteiger charge is -2.39. The second kappa shape index (κ2) is 5.22. The van der Waals surface area contributed by atoms with Gasteiger partial charge in [0.2, 0.25) is 0 Å². The van der Waals surface area contributed by atoms with Gasteiger partial charge >= 0.3 is 0 Å². The molecule has 3 rings (SSSR count). The van der Waals surface area contributed by atoms with Crippen LogP contribution in [0.5, 0.6) is 0 Å². The first-order chi connectivity index (χ1) is 9.62. The minimum atomic E-state index is -0.226. The number of likely N-dealkylation sites (tertiary alicyclic amines) is 1. The van der Waals surface area contributed by atoms with Crippen molar-refractivity contribution in [3.63, 3.8) is 0 Å². The number of rotatable bonds is 2. The summed E-state index contributed by atoms with van der Waals surface area (Å²) in [5.41, 5.74) is -0.226. The SMILES string of the molecule is CO[C@H]1CO[C@]2(CCCN(C(=O)c3ccc(C)o3)C2)C1. The summed E-state index contributed by atoms with van der Waals surface area (Å²) in [5, 5.41) is 0. The molecule has 2 aliphatic rings. The van der Waals surface area contributed by atoms with Gasteiger partial charge in [0.1, 0.15) is 5.76 Å². The summed E-state index contributed by atoms with van der Waals surface area (Å²) in [7, 11) is 1.71. The third-order valence-electron chi connectivity index (χ3n) is 4.29. The Balaban J connectivity index is 1.71. The zero-order valence-corrected chi connectivity index (χ0v) is 12.1. The largest absolute Gasteiger partial charge is 0.456 e. The van der Waals surface area contributed by atoms with Crippen molar-refractivity contribution in [1.82, 2.24) is 4.90 Å². The first-order valence-corrected chi connectivity index (χ1v) is 7.14. The van der Waals surface area contributed by atoms with E-state index in [1.165, 1.54) is 0 Å². The molecule has 110 valence electrons. The summed E-state index contributed by atoms with van der Waals surface area (Å²) in [4.78, 5) is 14.3. The summed E-state index contributed by atoms with van der Waals surface area (Å²) in [6.07, 6.45) is 2.97. The minimum Gasteiger partial charge on any atom is -0.456 e. The number of furan rings is 1. The van der Waals surface area contributed by atoms with Crippen LogP contribution in [-0.2, 0) is 9.47 Å². The molecule has 2 fully saturated rings. The van der Waals surface area contributed by atoms with Crippen LogP contribution in [-0.4, -0.2) is 49.3 Å². The molecule has 1 spiro atoms. The topological polar surface area (TPSA) is 51.9 Å². The molecular weight excluding hydrogens is 258 g/mol. The number of hydrogen-bond donors (Lipinski definition) is 0. The molecule has 0 bridgehead atoms. The Morgan fingerprint density at radius 3 is 3.00 bits per heavy atom. The molecule has 2 atom stereocenters. The predicted octanol–water partition coefficient (Wildman–Crippen LogP) is 2.00. The third kappa shape index (κ3) is 2.47. The maximum absolute atomic E-state index is 12.4. The molecule has 3 heterocycles. The van der Waals surface area contributed by atoms with Gasteiger partial charge in [0.15, 0.2) is 5.76 Å². The van der Waals surface area contributed by atoms with Crippen molar-refractivity contribution < 1.29 is 18.7 Å². The summed E-state index contributed by atoms with van der Waals surface area (Å²) in [6, 6.07) is 3.56. The highest BCUT2D eigenvalue weighted by Crippen LogP contribution is 2.36. The zero-order chi connectivity index (χ0) is 14.2. The van der Waals surface area contributed by atoms with E-state index in [1.807, 2.05) is 17.9 Å². The quantitative estimate of drug-likeness (QED) is 0.831. The van der Waals surface area contributed by atoms with Crippen LogP contribution in [0.25, 0.3) is 0 Å². The van der Waals surface area contributed by atoms with Crippen LogP contribution in [0.4, 0.5) is 0 Å². The number of hydrogen-bond acceptors (Lipinski definition) is 4. The second-order valence-corrected chi connectivity index (χ2v) is 5.80. The van der Waals surface area contributed by atoms with Crippen LogP contribution in [0.3, 0.4) is 0 Å². The van der Waals surface area contributed by atoms with Crippen molar-refractivity contribution in [3.8, 4) is 0 Å². The molecule has 0 radical (unpaired) electrons. The van der Waals surface area contributed by atoms with Crippen LogP contribution in [0.2, 0.25) is 0 Å². The fourth-order valence-electron chi connectivity index (χ4n) is 3.21. The second-order valence-electron chi connectivity index (χ2n) is 5.80. The molecular formula is C15H21NO4. The van der Waals surface area contributed by atoms with E-state index in [0.29, 0.717) is 18.9 Å². The standard InChI is InChI=1S/C15H21NO4/c1-11-4-5-13(20-11)14(17)16-7-3-6-15(10-16)8-12(18-2)9-19-15/h4-5,12H,3,6-10H2,1-2H3/t12-,15-/m1/s1. The van der Waals surface area contributed by atoms with Crippen molar-refractivity contribution in [2.45, 2.75) is 37.9 Å². The number of methoxy groups -OCH3 is 1. The van der Waals surface area contributed by atoms with Gasteiger partial charge in [-0.1, -0.05) is 0 Å². The number of piperidine rings is 1. The molecule has 0 saturated carbocycles. The average Bonchev–Trinajstić information content (AvgIpc) is 3.05. The lowest BCUT2D eigenvalue weighted by molar-refractivity contribution is -0.0464. The van der Waals surface area contributed by atoms with Crippen molar-refractivity contribution >= 4 is 5.91 Å². The molecule has 2 saturated heterocycles. The van der Waals surface area contributed by atoms with Gasteiger partial charge in [-0.15, -0.1) is 0 Å². The van der Waals surface area contributed by atoms with E-state index >= 15 is 0 Å². The van der Waals surface area contributed by atoms with Crippen LogP contribution in [0, 0.1) is 6.92 Å². The molecule has 5 nitrogen and oxygen atoms in total. The van der Waals surface area contributed by atoms with Gasteiger partial charge < -0.3 is 18.8 Å². The van der Waals surface area contributed by atoms with Gasteiger partial charge in [-0.05, 0) is 31.9 Å². The fourth-order valence-corrected chi connectivity index (χ4v) is 3.21. The van der Waals surface area contributed by atoms with Gasteiger partial charge in [0, 0.05) is 20.1 Å². The van der Waals surface area contributed by atoms with Crippen molar-refractivity contribution in [3.05, 3.63) is 23.7 Å². The smallest absolute Gasteiger partial charge is 0.289 e. The maximum Gasteiger partial charge on any atom is 0.289 e. The molecule has 0 aromatic carbocycles. The van der Waals surface area contributed by atoms with Gasteiger partial charge in [0.25, 0.3) is 5.91 Å². The average molecular weight is 279 g/mol. The molecule has 1 amide bonds. The monoisotopic (exact) mass is 279 g/mol. The number of ether oxygens (including phenoxy) is 2. The van der Waals surface area contributed by atoms with E-state index in [4.69, 9.17) is 13.9 Å². The molecule has 0 N–H and O–H groups in total. The summed E-state index contributed by atoms with van der Waals surface area (Å²) in [5.74, 6) is 1.14. The Hall–Kier alpha value is -1.33. The number of carbonyl (C=O) groups excluding carboxylic acids is 1. The van der Waals surface area contributed by atoms with Crippen LogP contribution >= 0.6 is 0 Å². The first-order valence-electron chi connectivity index (χ1n) is 7.14. The fraction of sp³-hybridized carbons (Fsp3) is 0.667. The Labute approximate surface area is 118 Å². The lowest BCUT2D eigenvalue weighted by Crippen LogP contribution is -2.50. The molecule has 2 aliphatic heterocycles. The Bertz CT molecular complexity index is 498. The van der Waals surface area contributed by atoms with E-state index in [1.54, 1.807) is 13.2 Å². The number of carbonyl (C=O) groups is 1. The van der Waals surface area contributed by atoms with Gasteiger partial charge in [-0.2, -0.15) is 0 Å².